The largest absolute Gasteiger partial charge is 0.390 e. The first-order valence-corrected chi connectivity index (χ1v) is 8.31. The molecule has 5 nitrogen and oxygen atoms in total. The smallest absolute Gasteiger partial charge is 0.242 e. The van der Waals surface area contributed by atoms with Crippen molar-refractivity contribution in [2.45, 2.75) is 24.3 Å². The number of nitrogens with one attached hydrogen (secondary N) is 1. The van der Waals surface area contributed by atoms with Crippen molar-refractivity contribution >= 4 is 10.0 Å². The summed E-state index contributed by atoms with van der Waals surface area (Å²) in [5.41, 5.74) is 1.76. The molecule has 2 aromatic rings. The van der Waals surface area contributed by atoms with E-state index in [2.05, 4.69) is 4.72 Å². The van der Waals surface area contributed by atoms with Gasteiger partial charge in [-0.1, -0.05) is 30.3 Å². The minimum atomic E-state index is -3.51. The highest BCUT2D eigenvalue weighted by Crippen LogP contribution is 2.13. The van der Waals surface area contributed by atoms with Crippen LogP contribution in [0.1, 0.15) is 17.7 Å². The van der Waals surface area contributed by atoms with Crippen LogP contribution in [0.2, 0.25) is 0 Å². The van der Waals surface area contributed by atoms with Gasteiger partial charge in [-0.15, -0.1) is 0 Å². The SMILES string of the molecule is Cn1cc(S(=O)(=O)NCCCc2ccccc2)cc1CO. The lowest BCUT2D eigenvalue weighted by atomic mass is 10.1. The standard InChI is InChI=1S/C15H20N2O3S/c1-17-11-15(10-14(17)12-18)21(19,20)16-9-5-8-13-6-3-2-4-7-13/h2-4,6-7,10-11,16,18H,5,8-9,12H2,1H3. The third-order valence-corrected chi connectivity index (χ3v) is 4.76. The lowest BCUT2D eigenvalue weighted by Gasteiger charge is -2.05. The van der Waals surface area contributed by atoms with Crippen LogP contribution >= 0.6 is 0 Å². The highest BCUT2D eigenvalue weighted by molar-refractivity contribution is 7.89. The van der Waals surface area contributed by atoms with Crippen LogP contribution in [0.3, 0.4) is 0 Å². The lowest BCUT2D eigenvalue weighted by molar-refractivity contribution is 0.272. The summed E-state index contributed by atoms with van der Waals surface area (Å²) in [4.78, 5) is 0.189. The Morgan fingerprint density at radius 2 is 1.95 bits per heavy atom. The van der Waals surface area contributed by atoms with E-state index in [9.17, 15) is 8.42 Å². The van der Waals surface area contributed by atoms with E-state index >= 15 is 0 Å². The van der Waals surface area contributed by atoms with Crippen molar-refractivity contribution in [3.8, 4) is 0 Å². The molecule has 0 saturated heterocycles. The molecule has 1 aromatic carbocycles. The zero-order valence-electron chi connectivity index (χ0n) is 12.0. The maximum Gasteiger partial charge on any atom is 0.242 e. The number of sulfonamides is 1. The van der Waals surface area contributed by atoms with Crippen molar-refractivity contribution < 1.29 is 13.5 Å². The zero-order valence-corrected chi connectivity index (χ0v) is 12.8. The minimum Gasteiger partial charge on any atom is -0.390 e. The van der Waals surface area contributed by atoms with Gasteiger partial charge in [-0.25, -0.2) is 13.1 Å². The molecule has 0 aliphatic heterocycles. The summed E-state index contributed by atoms with van der Waals surface area (Å²) in [7, 11) is -1.80. The summed E-state index contributed by atoms with van der Waals surface area (Å²) < 4.78 is 28.4. The lowest BCUT2D eigenvalue weighted by Crippen LogP contribution is -2.24. The predicted octanol–water partition coefficient (Wildman–Crippen LogP) is 1.43. The van der Waals surface area contributed by atoms with Crippen LogP contribution < -0.4 is 4.72 Å². The van der Waals surface area contributed by atoms with Crippen molar-refractivity contribution in [2.24, 2.45) is 7.05 Å². The fraction of sp³-hybridized carbons (Fsp3) is 0.333. The molecular formula is C15H20N2O3S. The molecule has 1 aromatic heterocycles. The molecule has 114 valence electrons. The van der Waals surface area contributed by atoms with Gasteiger partial charge in [0, 0.05) is 25.5 Å². The molecule has 0 fully saturated rings. The van der Waals surface area contributed by atoms with E-state index in [0.29, 0.717) is 12.2 Å². The number of aliphatic hydroxyl groups excluding tert-OH is 1. The van der Waals surface area contributed by atoms with Crippen molar-refractivity contribution in [3.63, 3.8) is 0 Å². The van der Waals surface area contributed by atoms with E-state index in [1.165, 1.54) is 17.8 Å². The molecule has 0 radical (unpaired) electrons. The molecule has 2 rings (SSSR count). The van der Waals surface area contributed by atoms with E-state index in [0.717, 1.165) is 12.8 Å². The van der Waals surface area contributed by atoms with Crippen LogP contribution in [-0.2, 0) is 30.1 Å². The molecule has 2 N–H and O–H groups in total. The second-order valence-corrected chi connectivity index (χ2v) is 6.69. The Hall–Kier alpha value is -1.63. The summed E-state index contributed by atoms with van der Waals surface area (Å²) in [6.07, 6.45) is 3.08. The number of aryl methyl sites for hydroxylation is 2. The second-order valence-electron chi connectivity index (χ2n) is 4.92. The van der Waals surface area contributed by atoms with Gasteiger partial charge in [0.25, 0.3) is 0 Å². The van der Waals surface area contributed by atoms with Crippen molar-refractivity contribution in [2.75, 3.05) is 6.54 Å². The van der Waals surface area contributed by atoms with Gasteiger partial charge >= 0.3 is 0 Å². The molecule has 6 heteroatoms. The molecule has 0 unspecified atom stereocenters. The predicted molar refractivity (Wildman–Crippen MR) is 81.3 cm³/mol. The summed E-state index contributed by atoms with van der Waals surface area (Å²) >= 11 is 0. The Morgan fingerprint density at radius 3 is 2.57 bits per heavy atom. The van der Waals surface area contributed by atoms with E-state index in [-0.39, 0.29) is 11.5 Å². The molecule has 0 spiro atoms. The highest BCUT2D eigenvalue weighted by atomic mass is 32.2. The Morgan fingerprint density at radius 1 is 1.24 bits per heavy atom. The Labute approximate surface area is 125 Å². The summed E-state index contributed by atoms with van der Waals surface area (Å²) in [5, 5.41) is 9.10. The quantitative estimate of drug-likeness (QED) is 0.760. The molecule has 0 amide bonds. The van der Waals surface area contributed by atoms with Crippen molar-refractivity contribution in [1.29, 1.82) is 0 Å². The average molecular weight is 308 g/mol. The van der Waals surface area contributed by atoms with Gasteiger partial charge in [0.15, 0.2) is 0 Å². The summed E-state index contributed by atoms with van der Waals surface area (Å²) in [6.45, 7) is 0.209. The van der Waals surface area contributed by atoms with Crippen LogP contribution in [0.5, 0.6) is 0 Å². The van der Waals surface area contributed by atoms with Crippen LogP contribution in [0.25, 0.3) is 0 Å². The first kappa shape index (κ1) is 15.8. The Bertz CT molecular complexity index is 678. The average Bonchev–Trinajstić information content (AvgIpc) is 2.87. The normalized spacial score (nSPS) is 11.7. The fourth-order valence-corrected chi connectivity index (χ4v) is 3.28. The van der Waals surface area contributed by atoms with Crippen LogP contribution in [0.15, 0.2) is 47.5 Å². The molecular weight excluding hydrogens is 288 g/mol. The number of hydrogen-bond donors (Lipinski definition) is 2. The number of aliphatic hydroxyl groups is 1. The number of aromatic nitrogens is 1. The van der Waals surface area contributed by atoms with Gasteiger partial charge in [-0.05, 0) is 24.5 Å². The molecule has 0 aliphatic rings. The minimum absolute atomic E-state index is 0.181. The third kappa shape index (κ3) is 4.17. The molecule has 0 saturated carbocycles. The van der Waals surface area contributed by atoms with E-state index in [1.54, 1.807) is 11.6 Å². The summed E-state index contributed by atoms with van der Waals surface area (Å²) in [6, 6.07) is 11.4. The van der Waals surface area contributed by atoms with Crippen molar-refractivity contribution in [3.05, 3.63) is 53.9 Å². The topological polar surface area (TPSA) is 71.3 Å². The van der Waals surface area contributed by atoms with Crippen molar-refractivity contribution in [1.82, 2.24) is 9.29 Å². The van der Waals surface area contributed by atoms with Crippen LogP contribution in [0.4, 0.5) is 0 Å². The van der Waals surface area contributed by atoms with Gasteiger partial charge in [0.05, 0.1) is 11.5 Å². The highest BCUT2D eigenvalue weighted by Gasteiger charge is 2.16. The van der Waals surface area contributed by atoms with Gasteiger partial charge in [0.1, 0.15) is 0 Å². The molecule has 0 atom stereocenters. The number of nitrogens with zero attached hydrogens (tertiary/aromatic N) is 1. The van der Waals surface area contributed by atoms with Gasteiger partial charge < -0.3 is 9.67 Å². The first-order chi connectivity index (χ1) is 10.0. The maximum atomic E-state index is 12.1. The number of rotatable bonds is 7. The first-order valence-electron chi connectivity index (χ1n) is 6.82. The summed E-state index contributed by atoms with van der Waals surface area (Å²) in [5.74, 6) is 0. The number of benzene rings is 1. The molecule has 21 heavy (non-hydrogen) atoms. The van der Waals surface area contributed by atoms with Crippen LogP contribution in [-0.4, -0.2) is 24.6 Å². The van der Waals surface area contributed by atoms with E-state index in [1.807, 2.05) is 30.3 Å². The Kier molecular flexibility index (Phi) is 5.17. The van der Waals surface area contributed by atoms with E-state index in [4.69, 9.17) is 5.11 Å². The third-order valence-electron chi connectivity index (χ3n) is 3.33. The molecule has 1 heterocycles. The fourth-order valence-electron chi connectivity index (χ4n) is 2.11. The van der Waals surface area contributed by atoms with Gasteiger partial charge in [-0.2, -0.15) is 0 Å². The van der Waals surface area contributed by atoms with Crippen LogP contribution in [0, 0.1) is 0 Å². The zero-order chi connectivity index (χ0) is 15.3. The molecule has 0 aliphatic carbocycles. The molecule has 0 bridgehead atoms. The maximum absolute atomic E-state index is 12.1. The second kappa shape index (κ2) is 6.89. The monoisotopic (exact) mass is 308 g/mol. The van der Waals surface area contributed by atoms with Gasteiger partial charge in [-0.3, -0.25) is 0 Å². The van der Waals surface area contributed by atoms with E-state index < -0.39 is 10.0 Å². The number of hydrogen-bond acceptors (Lipinski definition) is 3. The Balaban J connectivity index is 1.89. The van der Waals surface area contributed by atoms with Gasteiger partial charge in [0.2, 0.25) is 10.0 Å².